The van der Waals surface area contributed by atoms with E-state index in [0.717, 1.165) is 78.4 Å². The van der Waals surface area contributed by atoms with Crippen LogP contribution in [0.3, 0.4) is 0 Å². The van der Waals surface area contributed by atoms with Gasteiger partial charge in [-0.2, -0.15) is 0 Å². The first-order chi connectivity index (χ1) is 32.7. The number of anilines is 6. The highest BCUT2D eigenvalue weighted by Crippen LogP contribution is 2.49. The first-order valence-corrected chi connectivity index (χ1v) is 23.1. The lowest BCUT2D eigenvalue weighted by Gasteiger charge is -2.28. The van der Waals surface area contributed by atoms with Crippen LogP contribution in [-0.4, -0.2) is 4.98 Å². The van der Waals surface area contributed by atoms with Crippen LogP contribution >= 0.6 is 11.3 Å². The fraction of sp³-hybridized carbons (Fsp3) is 0. The van der Waals surface area contributed by atoms with Crippen molar-refractivity contribution in [3.63, 3.8) is 0 Å². The Morgan fingerprint density at radius 1 is 0.379 bits per heavy atom. The molecule has 0 saturated carbocycles. The Hall–Kier alpha value is -8.51. The number of hydrogen-bond donors (Lipinski definition) is 0. The molecule has 66 heavy (non-hydrogen) atoms. The molecule has 3 heterocycles. The zero-order valence-corrected chi connectivity index (χ0v) is 36.5. The first kappa shape index (κ1) is 38.0. The second-order valence-electron chi connectivity index (χ2n) is 16.7. The van der Waals surface area contributed by atoms with E-state index in [2.05, 4.69) is 222 Å². The lowest BCUT2D eigenvalue weighted by atomic mass is 9.95. The molecule has 4 nitrogen and oxygen atoms in total. The van der Waals surface area contributed by atoms with Gasteiger partial charge in [-0.15, -0.1) is 11.3 Å². The van der Waals surface area contributed by atoms with Crippen LogP contribution in [0.1, 0.15) is 0 Å². The third-order valence-electron chi connectivity index (χ3n) is 12.9. The summed E-state index contributed by atoms with van der Waals surface area (Å²) in [4.78, 5) is 9.72. The minimum Gasteiger partial charge on any atom is -0.454 e. The summed E-state index contributed by atoms with van der Waals surface area (Å²) < 4.78 is 9.24. The summed E-state index contributed by atoms with van der Waals surface area (Å²) in [6.07, 6.45) is 1.99. The SMILES string of the molecule is c1ccc(-c2ccccc2N(c2ccc3c(c2)sc2c4ccc(-c5ccc(N(c6ccccc6)c6ccccc6)cn5)cc4c4ccccc4c32)c2cccc3c2oc2ccccc23)cc1. The largest absolute Gasteiger partial charge is 0.454 e. The molecule has 0 radical (unpaired) electrons. The second kappa shape index (κ2) is 15.6. The third-order valence-corrected chi connectivity index (χ3v) is 14.1. The maximum Gasteiger partial charge on any atom is 0.159 e. The van der Waals surface area contributed by atoms with Crippen LogP contribution < -0.4 is 9.80 Å². The number of hydrogen-bond acceptors (Lipinski definition) is 5. The van der Waals surface area contributed by atoms with Crippen molar-refractivity contribution in [2.24, 2.45) is 0 Å². The van der Waals surface area contributed by atoms with Crippen LogP contribution in [0.5, 0.6) is 0 Å². The molecule has 3 aromatic heterocycles. The Morgan fingerprint density at radius 3 is 1.79 bits per heavy atom. The van der Waals surface area contributed by atoms with Gasteiger partial charge in [0.1, 0.15) is 5.58 Å². The number of fused-ring (bicyclic) bond motifs is 11. The molecule has 0 spiro atoms. The standard InChI is InChI=1S/C61H39N3OS/c1-4-17-40(18-5-1)46-23-12-14-28-55(46)64(56-29-16-27-50-48-25-13-15-30-57(48)65-60(50)56)44-32-35-52-58(38-44)66-61-51-34-31-41(37-53(51)47-24-10-11-26-49(47)59(52)61)54-36-33-45(39-62-54)63(42-19-6-2-7-20-42)43-21-8-3-9-22-43/h1-39H. The summed E-state index contributed by atoms with van der Waals surface area (Å²) in [5.74, 6) is 0. The van der Waals surface area contributed by atoms with Crippen LogP contribution in [0.4, 0.5) is 34.1 Å². The summed E-state index contributed by atoms with van der Waals surface area (Å²) in [6, 6.07) is 82.1. The number of para-hydroxylation sites is 5. The molecule has 0 atom stereocenters. The predicted octanol–water partition coefficient (Wildman–Crippen LogP) is 17.9. The van der Waals surface area contributed by atoms with Crippen LogP contribution in [-0.2, 0) is 0 Å². The number of nitrogens with zero attached hydrogens (tertiary/aromatic N) is 3. The topological polar surface area (TPSA) is 32.5 Å². The fourth-order valence-corrected chi connectivity index (χ4v) is 11.2. The molecule has 0 unspecified atom stereocenters. The highest BCUT2D eigenvalue weighted by Gasteiger charge is 2.24. The Morgan fingerprint density at radius 2 is 1.02 bits per heavy atom. The van der Waals surface area contributed by atoms with E-state index in [-0.39, 0.29) is 0 Å². The van der Waals surface area contributed by atoms with Gasteiger partial charge in [-0.1, -0.05) is 158 Å². The van der Waals surface area contributed by atoms with Gasteiger partial charge in [0.15, 0.2) is 5.58 Å². The number of thiophene rings is 1. The molecule has 0 bridgehead atoms. The van der Waals surface area contributed by atoms with Gasteiger partial charge in [-0.3, -0.25) is 4.98 Å². The quantitative estimate of drug-likeness (QED) is 0.143. The van der Waals surface area contributed by atoms with Gasteiger partial charge in [0.2, 0.25) is 0 Å². The molecule has 0 aliphatic carbocycles. The summed E-state index contributed by atoms with van der Waals surface area (Å²) in [5.41, 5.74) is 12.4. The monoisotopic (exact) mass is 861 g/mol. The number of rotatable bonds is 8. The van der Waals surface area contributed by atoms with Crippen molar-refractivity contribution in [1.82, 2.24) is 4.98 Å². The minimum absolute atomic E-state index is 0.861. The smallest absolute Gasteiger partial charge is 0.159 e. The zero-order chi connectivity index (χ0) is 43.6. The van der Waals surface area contributed by atoms with E-state index in [0.29, 0.717) is 0 Å². The van der Waals surface area contributed by atoms with Crippen LogP contribution in [0.2, 0.25) is 0 Å². The minimum atomic E-state index is 0.861. The lowest BCUT2D eigenvalue weighted by molar-refractivity contribution is 0.669. The van der Waals surface area contributed by atoms with E-state index < -0.39 is 0 Å². The zero-order valence-electron chi connectivity index (χ0n) is 35.7. The molecule has 0 aliphatic rings. The molecule has 10 aromatic carbocycles. The summed E-state index contributed by atoms with van der Waals surface area (Å²) in [7, 11) is 0. The van der Waals surface area contributed by atoms with Crippen LogP contribution in [0, 0.1) is 0 Å². The first-order valence-electron chi connectivity index (χ1n) is 22.3. The third kappa shape index (κ3) is 6.24. The van der Waals surface area contributed by atoms with E-state index in [1.807, 2.05) is 35.7 Å². The van der Waals surface area contributed by atoms with Gasteiger partial charge >= 0.3 is 0 Å². The Labute approximate surface area is 385 Å². The van der Waals surface area contributed by atoms with Crippen molar-refractivity contribution in [3.05, 3.63) is 237 Å². The van der Waals surface area contributed by atoms with Gasteiger partial charge < -0.3 is 14.2 Å². The van der Waals surface area contributed by atoms with E-state index in [4.69, 9.17) is 9.40 Å². The Bertz CT molecular complexity index is 3900. The van der Waals surface area contributed by atoms with Crippen molar-refractivity contribution in [1.29, 1.82) is 0 Å². The van der Waals surface area contributed by atoms with E-state index in [9.17, 15) is 0 Å². The molecule has 0 N–H and O–H groups in total. The van der Waals surface area contributed by atoms with Gasteiger partial charge in [-0.25, -0.2) is 0 Å². The summed E-state index contributed by atoms with van der Waals surface area (Å²) in [6.45, 7) is 0. The molecule has 0 saturated heterocycles. The van der Waals surface area contributed by atoms with Gasteiger partial charge in [0.25, 0.3) is 0 Å². The van der Waals surface area contributed by atoms with Crippen molar-refractivity contribution in [3.8, 4) is 22.4 Å². The molecule has 310 valence electrons. The van der Waals surface area contributed by atoms with E-state index >= 15 is 0 Å². The Balaban J connectivity index is 0.967. The molecule has 0 fully saturated rings. The maximum absolute atomic E-state index is 6.73. The van der Waals surface area contributed by atoms with Gasteiger partial charge in [0, 0.05) is 64.5 Å². The van der Waals surface area contributed by atoms with Crippen molar-refractivity contribution in [2.75, 3.05) is 9.80 Å². The van der Waals surface area contributed by atoms with Crippen LogP contribution in [0.25, 0.3) is 86.0 Å². The molecule has 13 aromatic rings. The van der Waals surface area contributed by atoms with Gasteiger partial charge in [0.05, 0.1) is 29.0 Å². The Kier molecular flexibility index (Phi) is 9.00. The van der Waals surface area contributed by atoms with Crippen molar-refractivity contribution < 1.29 is 4.42 Å². The molecular formula is C61H39N3OS. The summed E-state index contributed by atoms with van der Waals surface area (Å²) in [5, 5.41) is 9.69. The lowest BCUT2D eigenvalue weighted by Crippen LogP contribution is -2.11. The number of furan rings is 1. The van der Waals surface area contributed by atoms with E-state index in [1.54, 1.807) is 0 Å². The van der Waals surface area contributed by atoms with Gasteiger partial charge in [-0.05, 0) is 94.5 Å². The normalized spacial score (nSPS) is 11.6. The second-order valence-corrected chi connectivity index (χ2v) is 17.7. The maximum atomic E-state index is 6.73. The predicted molar refractivity (Wildman–Crippen MR) is 280 cm³/mol. The molecule has 5 heteroatoms. The molecule has 0 amide bonds. The summed E-state index contributed by atoms with van der Waals surface area (Å²) >= 11 is 1.87. The molecular weight excluding hydrogens is 823 g/mol. The van der Waals surface area contributed by atoms with Crippen molar-refractivity contribution >= 4 is 109 Å². The molecule has 0 aliphatic heterocycles. The van der Waals surface area contributed by atoms with Crippen molar-refractivity contribution in [2.45, 2.75) is 0 Å². The number of aromatic nitrogens is 1. The fourth-order valence-electron chi connectivity index (χ4n) is 9.88. The highest BCUT2D eigenvalue weighted by atomic mass is 32.1. The highest BCUT2D eigenvalue weighted by molar-refractivity contribution is 7.27. The number of pyridine rings is 1. The average Bonchev–Trinajstić information content (AvgIpc) is 3.97. The average molecular weight is 862 g/mol. The van der Waals surface area contributed by atoms with Crippen LogP contribution in [0.15, 0.2) is 241 Å². The number of benzene rings is 10. The molecule has 13 rings (SSSR count). The van der Waals surface area contributed by atoms with E-state index in [1.165, 1.54) is 41.7 Å².